The summed E-state index contributed by atoms with van der Waals surface area (Å²) in [6.45, 7) is 0. The van der Waals surface area contributed by atoms with Crippen LogP contribution in [-0.4, -0.2) is 30.2 Å². The SMILES string of the molecule is CN(C)C(c1ccccc1F)C1CCC(O)CC1. The first kappa shape index (κ1) is 13.5. The summed E-state index contributed by atoms with van der Waals surface area (Å²) in [7, 11) is 4.00. The number of aliphatic hydroxyl groups excluding tert-OH is 1. The predicted octanol–water partition coefficient (Wildman–Crippen LogP) is 2.98. The van der Waals surface area contributed by atoms with Crippen molar-refractivity contribution in [3.63, 3.8) is 0 Å². The Morgan fingerprint density at radius 3 is 2.33 bits per heavy atom. The average Bonchev–Trinajstić information content (AvgIpc) is 2.34. The lowest BCUT2D eigenvalue weighted by Crippen LogP contribution is -2.32. The first-order valence-electron chi connectivity index (χ1n) is 6.68. The molecule has 2 nitrogen and oxygen atoms in total. The number of hydrogen-bond acceptors (Lipinski definition) is 2. The van der Waals surface area contributed by atoms with Crippen molar-refractivity contribution in [3.05, 3.63) is 35.6 Å². The first-order valence-corrected chi connectivity index (χ1v) is 6.68. The largest absolute Gasteiger partial charge is 0.393 e. The molecule has 1 N–H and O–H groups in total. The maximum atomic E-state index is 14.0. The number of hydrogen-bond donors (Lipinski definition) is 1. The molecule has 0 radical (unpaired) electrons. The lowest BCUT2D eigenvalue weighted by atomic mass is 9.79. The van der Waals surface area contributed by atoms with Crippen molar-refractivity contribution < 1.29 is 9.50 Å². The fraction of sp³-hybridized carbons (Fsp3) is 0.600. The van der Waals surface area contributed by atoms with Gasteiger partial charge in [-0.25, -0.2) is 4.39 Å². The Morgan fingerprint density at radius 2 is 1.78 bits per heavy atom. The topological polar surface area (TPSA) is 23.5 Å². The van der Waals surface area contributed by atoms with Crippen LogP contribution in [0.5, 0.6) is 0 Å². The number of halogens is 1. The lowest BCUT2D eigenvalue weighted by Gasteiger charge is -2.36. The number of benzene rings is 1. The smallest absolute Gasteiger partial charge is 0.127 e. The van der Waals surface area contributed by atoms with Crippen LogP contribution in [0.2, 0.25) is 0 Å². The van der Waals surface area contributed by atoms with E-state index in [2.05, 4.69) is 4.90 Å². The first-order chi connectivity index (χ1) is 8.59. The number of rotatable bonds is 3. The third-order valence-corrected chi connectivity index (χ3v) is 3.97. The molecule has 0 spiro atoms. The molecule has 1 aliphatic rings. The second kappa shape index (κ2) is 5.81. The molecule has 3 heteroatoms. The molecular weight excluding hydrogens is 229 g/mol. The minimum atomic E-state index is -0.162. The standard InChI is InChI=1S/C15H22FNO/c1-17(2)15(11-7-9-12(18)10-8-11)13-5-3-4-6-14(13)16/h3-6,11-12,15,18H,7-10H2,1-2H3. The summed E-state index contributed by atoms with van der Waals surface area (Å²) in [4.78, 5) is 2.10. The highest BCUT2D eigenvalue weighted by molar-refractivity contribution is 5.22. The summed E-state index contributed by atoms with van der Waals surface area (Å²) in [5, 5.41) is 9.58. The van der Waals surface area contributed by atoms with Crippen molar-refractivity contribution in [1.82, 2.24) is 4.90 Å². The van der Waals surface area contributed by atoms with Crippen LogP contribution in [0.4, 0.5) is 4.39 Å². The van der Waals surface area contributed by atoms with Crippen LogP contribution in [0.1, 0.15) is 37.3 Å². The van der Waals surface area contributed by atoms with Crippen molar-refractivity contribution in [2.24, 2.45) is 5.92 Å². The summed E-state index contributed by atoms with van der Waals surface area (Å²) >= 11 is 0. The number of nitrogens with zero attached hydrogens (tertiary/aromatic N) is 1. The molecular formula is C15H22FNO. The Morgan fingerprint density at radius 1 is 1.17 bits per heavy atom. The van der Waals surface area contributed by atoms with E-state index in [0.717, 1.165) is 31.2 Å². The van der Waals surface area contributed by atoms with Gasteiger partial charge in [0, 0.05) is 11.6 Å². The second-order valence-corrected chi connectivity index (χ2v) is 5.50. The van der Waals surface area contributed by atoms with Gasteiger partial charge in [-0.3, -0.25) is 0 Å². The van der Waals surface area contributed by atoms with Crippen LogP contribution < -0.4 is 0 Å². The van der Waals surface area contributed by atoms with Gasteiger partial charge in [0.15, 0.2) is 0 Å². The zero-order valence-electron chi connectivity index (χ0n) is 11.1. The zero-order valence-corrected chi connectivity index (χ0v) is 11.1. The summed E-state index contributed by atoms with van der Waals surface area (Å²) in [5.41, 5.74) is 0.781. The van der Waals surface area contributed by atoms with E-state index in [1.54, 1.807) is 6.07 Å². The monoisotopic (exact) mass is 251 g/mol. The van der Waals surface area contributed by atoms with Gasteiger partial charge in [-0.1, -0.05) is 18.2 Å². The molecule has 0 aliphatic heterocycles. The van der Waals surface area contributed by atoms with E-state index in [4.69, 9.17) is 0 Å². The minimum absolute atomic E-state index is 0.110. The highest BCUT2D eigenvalue weighted by Crippen LogP contribution is 2.38. The van der Waals surface area contributed by atoms with Gasteiger partial charge in [0.05, 0.1) is 6.10 Å². The van der Waals surface area contributed by atoms with Crippen LogP contribution >= 0.6 is 0 Å². The molecule has 1 atom stereocenters. The number of aliphatic hydroxyl groups is 1. The average molecular weight is 251 g/mol. The highest BCUT2D eigenvalue weighted by atomic mass is 19.1. The van der Waals surface area contributed by atoms with Crippen LogP contribution in [-0.2, 0) is 0 Å². The summed E-state index contributed by atoms with van der Waals surface area (Å²) in [5.74, 6) is 0.308. The van der Waals surface area contributed by atoms with Gasteiger partial charge in [0.25, 0.3) is 0 Å². The van der Waals surface area contributed by atoms with Crippen LogP contribution in [0.3, 0.4) is 0 Å². The van der Waals surface area contributed by atoms with Crippen LogP contribution in [0.25, 0.3) is 0 Å². The molecule has 1 aromatic rings. The van der Waals surface area contributed by atoms with Crippen LogP contribution in [0, 0.1) is 11.7 Å². The van der Waals surface area contributed by atoms with Crippen molar-refractivity contribution in [1.29, 1.82) is 0 Å². The normalized spacial score (nSPS) is 26.3. The van der Waals surface area contributed by atoms with E-state index in [1.807, 2.05) is 26.2 Å². The third-order valence-electron chi connectivity index (χ3n) is 3.97. The molecule has 100 valence electrons. The fourth-order valence-corrected chi connectivity index (χ4v) is 3.09. The summed E-state index contributed by atoms with van der Waals surface area (Å²) in [6, 6.07) is 7.15. The zero-order chi connectivity index (χ0) is 13.1. The van der Waals surface area contributed by atoms with Crippen molar-refractivity contribution in [2.45, 2.75) is 37.8 Å². The highest BCUT2D eigenvalue weighted by Gasteiger charge is 2.30. The van der Waals surface area contributed by atoms with E-state index >= 15 is 0 Å². The molecule has 0 amide bonds. The van der Waals surface area contributed by atoms with Crippen molar-refractivity contribution in [2.75, 3.05) is 14.1 Å². The predicted molar refractivity (Wildman–Crippen MR) is 70.8 cm³/mol. The molecule has 1 fully saturated rings. The maximum Gasteiger partial charge on any atom is 0.127 e. The lowest BCUT2D eigenvalue weighted by molar-refractivity contribution is 0.0769. The summed E-state index contributed by atoms with van der Waals surface area (Å²) in [6.07, 6.45) is 3.45. The van der Waals surface area contributed by atoms with E-state index in [1.165, 1.54) is 6.07 Å². The molecule has 2 rings (SSSR count). The molecule has 0 bridgehead atoms. The molecule has 0 saturated heterocycles. The van der Waals surface area contributed by atoms with Crippen molar-refractivity contribution >= 4 is 0 Å². The van der Waals surface area contributed by atoms with Gasteiger partial charge < -0.3 is 10.0 Å². The fourth-order valence-electron chi connectivity index (χ4n) is 3.09. The van der Waals surface area contributed by atoms with Crippen molar-refractivity contribution in [3.8, 4) is 0 Å². The van der Waals surface area contributed by atoms with E-state index in [-0.39, 0.29) is 18.0 Å². The van der Waals surface area contributed by atoms with Gasteiger partial charge in [0.1, 0.15) is 5.82 Å². The molecule has 1 unspecified atom stereocenters. The summed E-state index contributed by atoms with van der Waals surface area (Å²) < 4.78 is 14.0. The van der Waals surface area contributed by atoms with E-state index < -0.39 is 0 Å². The van der Waals surface area contributed by atoms with Gasteiger partial charge in [-0.15, -0.1) is 0 Å². The Bertz CT molecular complexity index is 386. The Balaban J connectivity index is 2.21. The Kier molecular flexibility index (Phi) is 4.36. The quantitative estimate of drug-likeness (QED) is 0.892. The van der Waals surface area contributed by atoms with Gasteiger partial charge in [0.2, 0.25) is 0 Å². The molecule has 1 aromatic carbocycles. The molecule has 1 saturated carbocycles. The van der Waals surface area contributed by atoms with E-state index in [9.17, 15) is 9.50 Å². The molecule has 0 aromatic heterocycles. The molecule has 0 heterocycles. The minimum Gasteiger partial charge on any atom is -0.393 e. The second-order valence-electron chi connectivity index (χ2n) is 5.50. The van der Waals surface area contributed by atoms with Gasteiger partial charge in [-0.2, -0.15) is 0 Å². The third kappa shape index (κ3) is 2.90. The van der Waals surface area contributed by atoms with Gasteiger partial charge in [-0.05, 0) is 51.8 Å². The Labute approximate surface area is 108 Å². The van der Waals surface area contributed by atoms with E-state index in [0.29, 0.717) is 5.92 Å². The Hall–Kier alpha value is -0.930. The van der Waals surface area contributed by atoms with Gasteiger partial charge >= 0.3 is 0 Å². The van der Waals surface area contributed by atoms with Crippen LogP contribution in [0.15, 0.2) is 24.3 Å². The maximum absolute atomic E-state index is 14.0. The molecule has 1 aliphatic carbocycles. The molecule has 18 heavy (non-hydrogen) atoms.